The van der Waals surface area contributed by atoms with Crippen LogP contribution >= 0.6 is 15.9 Å². The SMILES string of the molecule is C[C@H](Oc1ccc(F)cc1Br)C(N)=O. The van der Waals surface area contributed by atoms with Gasteiger partial charge in [-0.2, -0.15) is 0 Å². The van der Waals surface area contributed by atoms with E-state index in [1.165, 1.54) is 25.1 Å². The topological polar surface area (TPSA) is 52.3 Å². The highest BCUT2D eigenvalue weighted by molar-refractivity contribution is 9.10. The van der Waals surface area contributed by atoms with Crippen LogP contribution in [-0.2, 0) is 4.79 Å². The van der Waals surface area contributed by atoms with E-state index in [2.05, 4.69) is 15.9 Å². The Morgan fingerprint density at radius 1 is 1.64 bits per heavy atom. The Kier molecular flexibility index (Phi) is 3.46. The molecule has 0 saturated heterocycles. The molecule has 0 unspecified atom stereocenters. The maximum Gasteiger partial charge on any atom is 0.258 e. The molecule has 1 atom stereocenters. The molecule has 0 heterocycles. The second kappa shape index (κ2) is 4.41. The molecule has 1 aromatic carbocycles. The molecule has 5 heteroatoms. The number of carbonyl (C=O) groups is 1. The molecule has 0 radical (unpaired) electrons. The summed E-state index contributed by atoms with van der Waals surface area (Å²) in [6.45, 7) is 1.53. The molecule has 0 saturated carbocycles. The van der Waals surface area contributed by atoms with Gasteiger partial charge in [0.25, 0.3) is 5.91 Å². The minimum atomic E-state index is -0.739. The van der Waals surface area contributed by atoms with Crippen molar-refractivity contribution in [3.05, 3.63) is 28.5 Å². The molecule has 0 spiro atoms. The zero-order chi connectivity index (χ0) is 10.7. The molecule has 2 N–H and O–H groups in total. The van der Waals surface area contributed by atoms with E-state index in [-0.39, 0.29) is 5.82 Å². The van der Waals surface area contributed by atoms with Gasteiger partial charge in [-0.15, -0.1) is 0 Å². The minimum absolute atomic E-state index is 0.379. The van der Waals surface area contributed by atoms with Crippen molar-refractivity contribution in [2.45, 2.75) is 13.0 Å². The maximum atomic E-state index is 12.7. The van der Waals surface area contributed by atoms with Crippen LogP contribution in [0.5, 0.6) is 5.75 Å². The molecule has 3 nitrogen and oxygen atoms in total. The first-order valence-corrected chi connectivity index (χ1v) is 4.71. The van der Waals surface area contributed by atoms with Gasteiger partial charge in [0, 0.05) is 0 Å². The van der Waals surface area contributed by atoms with Crippen molar-refractivity contribution in [3.63, 3.8) is 0 Å². The highest BCUT2D eigenvalue weighted by Gasteiger charge is 2.12. The average Bonchev–Trinajstić information content (AvgIpc) is 2.09. The number of nitrogens with two attached hydrogens (primary N) is 1. The number of benzene rings is 1. The highest BCUT2D eigenvalue weighted by Crippen LogP contribution is 2.26. The first-order chi connectivity index (χ1) is 6.50. The van der Waals surface area contributed by atoms with Crippen LogP contribution in [-0.4, -0.2) is 12.0 Å². The number of carbonyl (C=O) groups excluding carboxylic acids is 1. The zero-order valence-electron chi connectivity index (χ0n) is 7.46. The summed E-state index contributed by atoms with van der Waals surface area (Å²) in [4.78, 5) is 10.7. The summed E-state index contributed by atoms with van der Waals surface area (Å²) in [5, 5.41) is 0. The number of amides is 1. The normalized spacial score (nSPS) is 12.2. The molecule has 0 aliphatic rings. The van der Waals surface area contributed by atoms with E-state index in [0.29, 0.717) is 10.2 Å². The molecule has 0 aromatic heterocycles. The maximum absolute atomic E-state index is 12.7. The number of primary amides is 1. The molecule has 0 aliphatic carbocycles. The quantitative estimate of drug-likeness (QED) is 0.903. The van der Waals surface area contributed by atoms with Gasteiger partial charge in [0.2, 0.25) is 0 Å². The Balaban J connectivity index is 2.82. The van der Waals surface area contributed by atoms with Crippen LogP contribution in [0.1, 0.15) is 6.92 Å². The third kappa shape index (κ3) is 2.70. The molecule has 1 amide bonds. The summed E-state index contributed by atoms with van der Waals surface area (Å²) < 4.78 is 18.3. The smallest absolute Gasteiger partial charge is 0.258 e. The number of hydrogen-bond acceptors (Lipinski definition) is 2. The minimum Gasteiger partial charge on any atom is -0.480 e. The second-order valence-electron chi connectivity index (χ2n) is 2.74. The fourth-order valence-electron chi connectivity index (χ4n) is 0.819. The molecule has 1 rings (SSSR count). The van der Waals surface area contributed by atoms with Gasteiger partial charge in [-0.25, -0.2) is 4.39 Å². The van der Waals surface area contributed by atoms with Crippen LogP contribution < -0.4 is 10.5 Å². The summed E-state index contributed by atoms with van der Waals surface area (Å²) in [5.74, 6) is -0.560. The van der Waals surface area contributed by atoms with Crippen LogP contribution in [0.15, 0.2) is 22.7 Å². The molecule has 14 heavy (non-hydrogen) atoms. The molecule has 0 fully saturated rings. The summed E-state index contributed by atoms with van der Waals surface area (Å²) in [7, 11) is 0. The van der Waals surface area contributed by atoms with Gasteiger partial charge >= 0.3 is 0 Å². The summed E-state index contributed by atoms with van der Waals surface area (Å²) >= 11 is 3.11. The zero-order valence-corrected chi connectivity index (χ0v) is 9.05. The summed E-state index contributed by atoms with van der Waals surface area (Å²) in [6, 6.07) is 3.93. The Bertz CT molecular complexity index is 357. The van der Waals surface area contributed by atoms with Gasteiger partial charge < -0.3 is 10.5 Å². The van der Waals surface area contributed by atoms with E-state index in [4.69, 9.17) is 10.5 Å². The van der Waals surface area contributed by atoms with Crippen molar-refractivity contribution >= 4 is 21.8 Å². The van der Waals surface area contributed by atoms with Crippen LogP contribution in [0.2, 0.25) is 0 Å². The first kappa shape index (κ1) is 11.0. The van der Waals surface area contributed by atoms with Crippen molar-refractivity contribution in [2.75, 3.05) is 0 Å². The Morgan fingerprint density at radius 3 is 2.79 bits per heavy atom. The van der Waals surface area contributed by atoms with Crippen molar-refractivity contribution in [1.29, 1.82) is 0 Å². The average molecular weight is 262 g/mol. The van der Waals surface area contributed by atoms with Gasteiger partial charge in [-0.3, -0.25) is 4.79 Å². The predicted octanol–water partition coefficient (Wildman–Crippen LogP) is 1.84. The van der Waals surface area contributed by atoms with Crippen LogP contribution in [0.4, 0.5) is 4.39 Å². The molecule has 1 aromatic rings. The van der Waals surface area contributed by atoms with Crippen LogP contribution in [0, 0.1) is 5.82 Å². The second-order valence-corrected chi connectivity index (χ2v) is 3.59. The standard InChI is InChI=1S/C9H9BrFNO2/c1-5(9(12)13)14-8-3-2-6(11)4-7(8)10/h2-5H,1H3,(H2,12,13)/t5-/m0/s1. The van der Waals surface area contributed by atoms with E-state index in [0.717, 1.165) is 0 Å². The van der Waals surface area contributed by atoms with Gasteiger partial charge in [0.05, 0.1) is 4.47 Å². The first-order valence-electron chi connectivity index (χ1n) is 3.91. The molecule has 0 bridgehead atoms. The molecular formula is C9H9BrFNO2. The molecule has 0 aliphatic heterocycles. The van der Waals surface area contributed by atoms with Gasteiger partial charge in [-0.05, 0) is 41.1 Å². The van der Waals surface area contributed by atoms with Crippen LogP contribution in [0.3, 0.4) is 0 Å². The third-order valence-corrected chi connectivity index (χ3v) is 2.22. The lowest BCUT2D eigenvalue weighted by Gasteiger charge is -2.12. The Labute approximate surface area is 89.2 Å². The summed E-state index contributed by atoms with van der Waals surface area (Å²) in [6.07, 6.45) is -0.739. The number of ether oxygens (including phenoxy) is 1. The fraction of sp³-hybridized carbons (Fsp3) is 0.222. The predicted molar refractivity (Wildman–Crippen MR) is 53.4 cm³/mol. The van der Waals surface area contributed by atoms with Gasteiger partial charge in [0.1, 0.15) is 11.6 Å². The highest BCUT2D eigenvalue weighted by atomic mass is 79.9. The largest absolute Gasteiger partial charge is 0.480 e. The molecule has 76 valence electrons. The lowest BCUT2D eigenvalue weighted by atomic mass is 10.3. The van der Waals surface area contributed by atoms with Gasteiger partial charge in [0.15, 0.2) is 6.10 Å². The van der Waals surface area contributed by atoms with Crippen molar-refractivity contribution < 1.29 is 13.9 Å². The lowest BCUT2D eigenvalue weighted by Crippen LogP contribution is -2.30. The van der Waals surface area contributed by atoms with E-state index in [9.17, 15) is 9.18 Å². The van der Waals surface area contributed by atoms with Crippen LogP contribution in [0.25, 0.3) is 0 Å². The number of halogens is 2. The lowest BCUT2D eigenvalue weighted by molar-refractivity contribution is -0.124. The Morgan fingerprint density at radius 2 is 2.29 bits per heavy atom. The van der Waals surface area contributed by atoms with Crippen molar-refractivity contribution in [3.8, 4) is 5.75 Å². The number of rotatable bonds is 3. The van der Waals surface area contributed by atoms with E-state index in [1.54, 1.807) is 0 Å². The summed E-state index contributed by atoms with van der Waals surface area (Å²) in [5.41, 5.74) is 5.01. The molecular weight excluding hydrogens is 253 g/mol. The third-order valence-electron chi connectivity index (χ3n) is 1.60. The fourth-order valence-corrected chi connectivity index (χ4v) is 1.26. The van der Waals surface area contributed by atoms with Crippen molar-refractivity contribution in [2.24, 2.45) is 5.73 Å². The monoisotopic (exact) mass is 261 g/mol. The van der Waals surface area contributed by atoms with Crippen molar-refractivity contribution in [1.82, 2.24) is 0 Å². The van der Waals surface area contributed by atoms with Gasteiger partial charge in [-0.1, -0.05) is 0 Å². The van der Waals surface area contributed by atoms with E-state index >= 15 is 0 Å². The van der Waals surface area contributed by atoms with E-state index < -0.39 is 12.0 Å². The number of hydrogen-bond donors (Lipinski definition) is 1. The van der Waals surface area contributed by atoms with E-state index in [1.807, 2.05) is 0 Å². The Hall–Kier alpha value is -1.10.